The van der Waals surface area contributed by atoms with Crippen LogP contribution in [0.2, 0.25) is 0 Å². The highest BCUT2D eigenvalue weighted by Crippen LogP contribution is 2.11. The van der Waals surface area contributed by atoms with Crippen molar-refractivity contribution < 1.29 is 9.53 Å². The third-order valence-electron chi connectivity index (χ3n) is 1.64. The quantitative estimate of drug-likeness (QED) is 0.534. The first kappa shape index (κ1) is 11.2. The molecule has 0 amide bonds. The van der Waals surface area contributed by atoms with Gasteiger partial charge in [-0.3, -0.25) is 4.79 Å². The van der Waals surface area contributed by atoms with E-state index in [1.54, 1.807) is 23.4 Å². The van der Waals surface area contributed by atoms with Crippen LogP contribution in [-0.4, -0.2) is 42.4 Å². The van der Waals surface area contributed by atoms with Crippen LogP contribution in [0.3, 0.4) is 0 Å². The van der Waals surface area contributed by atoms with E-state index in [-0.39, 0.29) is 6.01 Å². The highest BCUT2D eigenvalue weighted by molar-refractivity contribution is 6.05. The van der Waals surface area contributed by atoms with Crippen molar-refractivity contribution in [1.82, 2.24) is 14.9 Å². The summed E-state index contributed by atoms with van der Waals surface area (Å²) in [6, 6.07) is 1.91. The van der Waals surface area contributed by atoms with Crippen LogP contribution in [0, 0.1) is 0 Å². The van der Waals surface area contributed by atoms with Crippen molar-refractivity contribution in [3.8, 4) is 6.01 Å². The van der Waals surface area contributed by atoms with Gasteiger partial charge in [0.2, 0.25) is 0 Å². The van der Waals surface area contributed by atoms with Crippen LogP contribution < -0.4 is 4.74 Å². The summed E-state index contributed by atoms with van der Waals surface area (Å²) in [6.45, 7) is 0. The molecule has 0 bridgehead atoms. The van der Waals surface area contributed by atoms with Crippen LogP contribution in [0.4, 0.5) is 0 Å². The number of rotatable bonds is 4. The summed E-state index contributed by atoms with van der Waals surface area (Å²) in [4.78, 5) is 20.5. The van der Waals surface area contributed by atoms with Crippen LogP contribution in [0.5, 0.6) is 6.01 Å². The Morgan fingerprint density at radius 2 is 2.27 bits per heavy atom. The summed E-state index contributed by atoms with van der Waals surface area (Å²) in [5.74, 6) is 0. The molecule has 15 heavy (non-hydrogen) atoms. The first-order chi connectivity index (χ1) is 7.17. The highest BCUT2D eigenvalue weighted by Gasteiger charge is 2.04. The average Bonchev–Trinajstić information content (AvgIpc) is 2.25. The number of carbonyl (C=O) groups is 1. The third-order valence-corrected chi connectivity index (χ3v) is 1.64. The van der Waals surface area contributed by atoms with Gasteiger partial charge in [-0.05, 0) is 6.07 Å². The van der Waals surface area contributed by atoms with E-state index in [1.165, 1.54) is 7.11 Å². The molecule has 5 heteroatoms. The number of aldehydes is 1. The summed E-state index contributed by atoms with van der Waals surface area (Å²) in [5, 5.41) is 0. The summed E-state index contributed by atoms with van der Waals surface area (Å²) in [7, 11) is 5.15. The number of allylic oxidation sites excluding steroid dienone is 1. The standard InChI is InChI=1S/C10H13N3O2/c1-13(2)6-8(7-14)9-4-5-11-10(12-9)15-3/h4-7H,1-3H3. The number of aromatic nitrogens is 2. The zero-order valence-electron chi connectivity index (χ0n) is 8.97. The first-order valence-electron chi connectivity index (χ1n) is 4.38. The number of nitrogens with zero attached hydrogens (tertiary/aromatic N) is 3. The Labute approximate surface area is 88.4 Å². The van der Waals surface area contributed by atoms with Crippen molar-refractivity contribution in [2.45, 2.75) is 0 Å². The van der Waals surface area contributed by atoms with Crippen molar-refractivity contribution in [1.29, 1.82) is 0 Å². The molecule has 1 aromatic heterocycles. The molecule has 1 rings (SSSR count). The molecule has 0 radical (unpaired) electrons. The maximum Gasteiger partial charge on any atom is 0.316 e. The Bertz CT molecular complexity index is 375. The molecule has 0 aromatic carbocycles. The number of hydrogen-bond donors (Lipinski definition) is 0. The predicted octanol–water partition coefficient (Wildman–Crippen LogP) is 0.587. The fraction of sp³-hybridized carbons (Fsp3) is 0.300. The second-order valence-electron chi connectivity index (χ2n) is 3.09. The molecule has 80 valence electrons. The smallest absolute Gasteiger partial charge is 0.316 e. The van der Waals surface area contributed by atoms with Crippen molar-refractivity contribution in [3.05, 3.63) is 24.2 Å². The number of carbonyl (C=O) groups excluding carboxylic acids is 1. The lowest BCUT2D eigenvalue weighted by molar-refractivity contribution is -0.103. The Balaban J connectivity index is 3.07. The van der Waals surface area contributed by atoms with Crippen LogP contribution in [0.25, 0.3) is 5.57 Å². The van der Waals surface area contributed by atoms with Crippen molar-refractivity contribution >= 4 is 11.9 Å². The Morgan fingerprint density at radius 1 is 1.53 bits per heavy atom. The molecule has 1 heterocycles. The molecule has 0 aliphatic rings. The lowest BCUT2D eigenvalue weighted by Crippen LogP contribution is -2.04. The van der Waals surface area contributed by atoms with Gasteiger partial charge in [0.15, 0.2) is 6.29 Å². The van der Waals surface area contributed by atoms with E-state index in [4.69, 9.17) is 4.74 Å². The van der Waals surface area contributed by atoms with Gasteiger partial charge >= 0.3 is 6.01 Å². The van der Waals surface area contributed by atoms with Crippen LogP contribution in [-0.2, 0) is 4.79 Å². The van der Waals surface area contributed by atoms with E-state index in [9.17, 15) is 4.79 Å². The van der Waals surface area contributed by atoms with Gasteiger partial charge in [-0.1, -0.05) is 0 Å². The summed E-state index contributed by atoms with van der Waals surface area (Å²) in [6.07, 6.45) is 3.99. The largest absolute Gasteiger partial charge is 0.467 e. The van der Waals surface area contributed by atoms with Crippen molar-refractivity contribution in [2.24, 2.45) is 0 Å². The van der Waals surface area contributed by atoms with E-state index in [0.29, 0.717) is 11.3 Å². The van der Waals surface area contributed by atoms with Crippen LogP contribution in [0.15, 0.2) is 18.5 Å². The van der Waals surface area contributed by atoms with Gasteiger partial charge in [0, 0.05) is 26.5 Å². The Hall–Kier alpha value is -1.91. The van der Waals surface area contributed by atoms with Gasteiger partial charge in [0.1, 0.15) is 0 Å². The Morgan fingerprint density at radius 3 is 2.80 bits per heavy atom. The zero-order valence-corrected chi connectivity index (χ0v) is 8.97. The molecule has 0 N–H and O–H groups in total. The monoisotopic (exact) mass is 207 g/mol. The summed E-state index contributed by atoms with van der Waals surface area (Å²) in [5.41, 5.74) is 1.03. The number of methoxy groups -OCH3 is 1. The Kier molecular flexibility index (Phi) is 3.79. The second kappa shape index (κ2) is 5.09. The molecule has 0 aliphatic carbocycles. The maximum atomic E-state index is 10.8. The van der Waals surface area contributed by atoms with E-state index >= 15 is 0 Å². The molecule has 0 unspecified atom stereocenters. The molecule has 1 aromatic rings. The molecular weight excluding hydrogens is 194 g/mol. The average molecular weight is 207 g/mol. The SMILES string of the molecule is COc1nccc(C(C=O)=CN(C)C)n1. The molecule has 0 saturated heterocycles. The lowest BCUT2D eigenvalue weighted by Gasteiger charge is -2.07. The molecular formula is C10H13N3O2. The van der Waals surface area contributed by atoms with Crippen molar-refractivity contribution in [2.75, 3.05) is 21.2 Å². The van der Waals surface area contributed by atoms with E-state index in [1.807, 2.05) is 14.1 Å². The van der Waals surface area contributed by atoms with Gasteiger partial charge in [-0.25, -0.2) is 4.98 Å². The van der Waals surface area contributed by atoms with Gasteiger partial charge in [0.25, 0.3) is 0 Å². The normalized spacial score (nSPS) is 11.0. The van der Waals surface area contributed by atoms with Gasteiger partial charge in [-0.2, -0.15) is 4.98 Å². The van der Waals surface area contributed by atoms with Crippen LogP contribution in [0.1, 0.15) is 5.69 Å². The molecule has 0 atom stereocenters. The fourth-order valence-electron chi connectivity index (χ4n) is 1.04. The fourth-order valence-corrected chi connectivity index (χ4v) is 1.04. The highest BCUT2D eigenvalue weighted by atomic mass is 16.5. The minimum Gasteiger partial charge on any atom is -0.467 e. The summed E-state index contributed by atoms with van der Waals surface area (Å²) < 4.78 is 4.88. The molecule has 0 fully saturated rings. The maximum absolute atomic E-state index is 10.8. The zero-order chi connectivity index (χ0) is 11.3. The van der Waals surface area contributed by atoms with Gasteiger partial charge < -0.3 is 9.64 Å². The van der Waals surface area contributed by atoms with Gasteiger partial charge in [-0.15, -0.1) is 0 Å². The number of hydrogen-bond acceptors (Lipinski definition) is 5. The molecule has 0 saturated carbocycles. The van der Waals surface area contributed by atoms with E-state index < -0.39 is 0 Å². The minimum absolute atomic E-state index is 0.249. The number of ether oxygens (including phenoxy) is 1. The molecule has 5 nitrogen and oxygen atoms in total. The molecule has 0 aliphatic heterocycles. The minimum atomic E-state index is 0.249. The van der Waals surface area contributed by atoms with Gasteiger partial charge in [0.05, 0.1) is 18.4 Å². The van der Waals surface area contributed by atoms with Crippen molar-refractivity contribution in [3.63, 3.8) is 0 Å². The topological polar surface area (TPSA) is 55.3 Å². The second-order valence-corrected chi connectivity index (χ2v) is 3.09. The van der Waals surface area contributed by atoms with E-state index in [0.717, 1.165) is 6.29 Å². The lowest BCUT2D eigenvalue weighted by atomic mass is 10.2. The predicted molar refractivity (Wildman–Crippen MR) is 56.3 cm³/mol. The first-order valence-corrected chi connectivity index (χ1v) is 4.38. The summed E-state index contributed by atoms with van der Waals surface area (Å²) >= 11 is 0. The molecule has 0 spiro atoms. The van der Waals surface area contributed by atoms with E-state index in [2.05, 4.69) is 9.97 Å². The third kappa shape index (κ3) is 3.05. The van der Waals surface area contributed by atoms with Crippen LogP contribution >= 0.6 is 0 Å².